The van der Waals surface area contributed by atoms with Gasteiger partial charge in [0.15, 0.2) is 5.96 Å². The summed E-state index contributed by atoms with van der Waals surface area (Å²) in [4.78, 5) is 9.90. The lowest BCUT2D eigenvalue weighted by molar-refractivity contribution is -0.137. The van der Waals surface area contributed by atoms with Crippen molar-refractivity contribution in [2.24, 2.45) is 4.99 Å². The van der Waals surface area contributed by atoms with Crippen LogP contribution in [-0.4, -0.2) is 49.6 Å². The number of hydrogen-bond acceptors (Lipinski definition) is 3. The molecule has 0 aliphatic heterocycles. The zero-order valence-electron chi connectivity index (χ0n) is 14.2. The van der Waals surface area contributed by atoms with E-state index in [1.807, 2.05) is 11.9 Å². The van der Waals surface area contributed by atoms with Gasteiger partial charge in [0.1, 0.15) is 5.82 Å². The average molecular weight is 459 g/mol. The second kappa shape index (κ2) is 11.3. The first-order chi connectivity index (χ1) is 10.9. The number of nitrogens with zero attached hydrogens (tertiary/aromatic N) is 3. The molecule has 1 heterocycles. The summed E-state index contributed by atoms with van der Waals surface area (Å²) in [7, 11) is 3.61. The van der Waals surface area contributed by atoms with Gasteiger partial charge in [0.05, 0.1) is 5.56 Å². The van der Waals surface area contributed by atoms with Crippen LogP contribution >= 0.6 is 24.0 Å². The predicted molar refractivity (Wildman–Crippen MR) is 102 cm³/mol. The number of aliphatic imine (C=N–C) groups is 1. The van der Waals surface area contributed by atoms with Crippen molar-refractivity contribution in [2.45, 2.75) is 25.9 Å². The summed E-state index contributed by atoms with van der Waals surface area (Å²) in [5, 5.41) is 5.83. The highest BCUT2D eigenvalue weighted by atomic mass is 127. The molecule has 0 atom stereocenters. The van der Waals surface area contributed by atoms with E-state index in [2.05, 4.69) is 27.5 Å². The smallest absolute Gasteiger partial charge is 0.368 e. The maximum atomic E-state index is 12.8. The van der Waals surface area contributed by atoms with Gasteiger partial charge in [0, 0.05) is 39.9 Å². The van der Waals surface area contributed by atoms with Gasteiger partial charge in [0.25, 0.3) is 0 Å². The Labute approximate surface area is 158 Å². The van der Waals surface area contributed by atoms with Crippen molar-refractivity contribution in [3.05, 3.63) is 23.9 Å². The van der Waals surface area contributed by atoms with Crippen molar-refractivity contribution < 1.29 is 13.2 Å². The van der Waals surface area contributed by atoms with E-state index in [0.29, 0.717) is 13.1 Å². The molecule has 0 bridgehead atoms. The third-order valence-corrected chi connectivity index (χ3v) is 3.23. The largest absolute Gasteiger partial charge is 0.419 e. The van der Waals surface area contributed by atoms with E-state index in [4.69, 9.17) is 0 Å². The van der Waals surface area contributed by atoms with Gasteiger partial charge in [-0.05, 0) is 18.6 Å². The van der Waals surface area contributed by atoms with Crippen LogP contribution in [0, 0.1) is 0 Å². The molecule has 9 heteroatoms. The monoisotopic (exact) mass is 459 g/mol. The van der Waals surface area contributed by atoms with Gasteiger partial charge in [0.2, 0.25) is 0 Å². The average Bonchev–Trinajstić information content (AvgIpc) is 2.52. The molecule has 0 saturated carbocycles. The fraction of sp³-hybridized carbons (Fsp3) is 0.600. The van der Waals surface area contributed by atoms with Crippen LogP contribution in [0.15, 0.2) is 23.3 Å². The molecular weight excluding hydrogens is 434 g/mol. The van der Waals surface area contributed by atoms with Crippen molar-refractivity contribution in [1.29, 1.82) is 0 Å². The van der Waals surface area contributed by atoms with Gasteiger partial charge in [-0.2, -0.15) is 13.2 Å². The van der Waals surface area contributed by atoms with E-state index < -0.39 is 11.7 Å². The molecule has 24 heavy (non-hydrogen) atoms. The molecule has 0 aliphatic rings. The Morgan fingerprint density at radius 1 is 1.33 bits per heavy atom. The maximum absolute atomic E-state index is 12.8. The van der Waals surface area contributed by atoms with Crippen LogP contribution in [0.3, 0.4) is 0 Å². The first kappa shape index (κ1) is 22.7. The molecule has 138 valence electrons. The summed E-state index contributed by atoms with van der Waals surface area (Å²) >= 11 is 0. The Bertz CT molecular complexity index is 508. The first-order valence-corrected chi connectivity index (χ1v) is 7.58. The Hall–Kier alpha value is -1.26. The zero-order chi connectivity index (χ0) is 17.3. The number of hydrogen-bond donors (Lipinski definition) is 2. The molecular formula is C15H25F3IN5. The summed E-state index contributed by atoms with van der Waals surface area (Å²) in [5.41, 5.74) is -0.760. The molecule has 5 nitrogen and oxygen atoms in total. The molecule has 0 spiro atoms. The summed E-state index contributed by atoms with van der Waals surface area (Å²) in [6, 6.07) is 2.29. The molecule has 0 aromatic carbocycles. The maximum Gasteiger partial charge on any atom is 0.419 e. The summed E-state index contributed by atoms with van der Waals surface area (Å²) in [6.07, 6.45) is -0.940. The van der Waals surface area contributed by atoms with Crippen LogP contribution in [-0.2, 0) is 6.18 Å². The summed E-state index contributed by atoms with van der Waals surface area (Å²) in [6.45, 7) is 3.73. The van der Waals surface area contributed by atoms with Crippen LogP contribution in [0.1, 0.15) is 25.3 Å². The molecule has 0 fully saturated rings. The molecule has 0 aliphatic carbocycles. The Morgan fingerprint density at radius 3 is 2.62 bits per heavy atom. The molecule has 0 amide bonds. The van der Waals surface area contributed by atoms with E-state index in [0.717, 1.165) is 31.4 Å². The van der Waals surface area contributed by atoms with Crippen LogP contribution in [0.4, 0.5) is 19.0 Å². The van der Waals surface area contributed by atoms with E-state index in [9.17, 15) is 13.2 Å². The molecule has 1 aromatic rings. The van der Waals surface area contributed by atoms with E-state index >= 15 is 0 Å². The Kier molecular flexibility index (Phi) is 10.7. The molecule has 1 rings (SSSR count). The van der Waals surface area contributed by atoms with Crippen LogP contribution < -0.4 is 10.6 Å². The number of nitrogens with one attached hydrogen (secondary N) is 2. The van der Waals surface area contributed by atoms with Crippen molar-refractivity contribution in [3.8, 4) is 0 Å². The lowest BCUT2D eigenvalue weighted by Gasteiger charge is -2.22. The normalized spacial score (nSPS) is 11.7. The van der Waals surface area contributed by atoms with Gasteiger partial charge in [-0.1, -0.05) is 13.3 Å². The lowest BCUT2D eigenvalue weighted by Crippen LogP contribution is -2.41. The summed E-state index contributed by atoms with van der Waals surface area (Å²) in [5.74, 6) is 0.563. The topological polar surface area (TPSA) is 52.5 Å². The SMILES string of the molecule is CCCCN(C)C(=NC)NCCNc1ncccc1C(F)(F)F.I. The fourth-order valence-electron chi connectivity index (χ4n) is 2.02. The van der Waals surface area contributed by atoms with Gasteiger partial charge < -0.3 is 15.5 Å². The number of halogens is 4. The third-order valence-electron chi connectivity index (χ3n) is 3.23. The predicted octanol–water partition coefficient (Wildman–Crippen LogP) is 3.44. The minimum absolute atomic E-state index is 0. The van der Waals surface area contributed by atoms with Crippen molar-refractivity contribution in [2.75, 3.05) is 39.0 Å². The zero-order valence-corrected chi connectivity index (χ0v) is 16.5. The second-order valence-corrected chi connectivity index (χ2v) is 5.07. The van der Waals surface area contributed by atoms with Gasteiger partial charge in [-0.15, -0.1) is 24.0 Å². The fourth-order valence-corrected chi connectivity index (χ4v) is 2.02. The van der Waals surface area contributed by atoms with Crippen LogP contribution in [0.5, 0.6) is 0 Å². The van der Waals surface area contributed by atoms with E-state index in [1.165, 1.54) is 12.3 Å². The summed E-state index contributed by atoms with van der Waals surface area (Å²) < 4.78 is 38.5. The van der Waals surface area contributed by atoms with Gasteiger partial charge in [-0.3, -0.25) is 4.99 Å². The molecule has 0 saturated heterocycles. The van der Waals surface area contributed by atoms with Crippen molar-refractivity contribution >= 4 is 35.8 Å². The highest BCUT2D eigenvalue weighted by molar-refractivity contribution is 14.0. The molecule has 1 aromatic heterocycles. The Morgan fingerprint density at radius 2 is 2.04 bits per heavy atom. The Balaban J connectivity index is 0.00000529. The first-order valence-electron chi connectivity index (χ1n) is 7.58. The van der Waals surface area contributed by atoms with Crippen molar-refractivity contribution in [3.63, 3.8) is 0 Å². The second-order valence-electron chi connectivity index (χ2n) is 5.07. The highest BCUT2D eigenvalue weighted by Crippen LogP contribution is 2.33. The number of aromatic nitrogens is 1. The molecule has 2 N–H and O–H groups in total. The highest BCUT2D eigenvalue weighted by Gasteiger charge is 2.33. The minimum atomic E-state index is -4.42. The minimum Gasteiger partial charge on any atom is -0.368 e. The molecule has 0 radical (unpaired) electrons. The molecule has 0 unspecified atom stereocenters. The van der Waals surface area contributed by atoms with Gasteiger partial charge in [-0.25, -0.2) is 4.98 Å². The van der Waals surface area contributed by atoms with Crippen LogP contribution in [0.2, 0.25) is 0 Å². The lowest BCUT2D eigenvalue weighted by atomic mass is 10.2. The number of alkyl halides is 3. The van der Waals surface area contributed by atoms with Gasteiger partial charge >= 0.3 is 6.18 Å². The number of pyridine rings is 1. The number of unbranched alkanes of at least 4 members (excludes halogenated alkanes) is 1. The third kappa shape index (κ3) is 7.54. The quantitative estimate of drug-likeness (QED) is 0.284. The number of rotatable bonds is 7. The number of guanidine groups is 1. The van der Waals surface area contributed by atoms with Crippen LogP contribution in [0.25, 0.3) is 0 Å². The standard InChI is InChI=1S/C15H24F3N5.HI/c1-4-5-11-23(3)14(19-2)22-10-9-21-13-12(15(16,17)18)7-6-8-20-13;/h6-8H,4-5,9-11H2,1-3H3,(H,19,22)(H,20,21);1H. The van der Waals surface area contributed by atoms with E-state index in [1.54, 1.807) is 7.05 Å². The number of anilines is 1. The van der Waals surface area contributed by atoms with Crippen molar-refractivity contribution in [1.82, 2.24) is 15.2 Å². The van der Waals surface area contributed by atoms with E-state index in [-0.39, 0.29) is 29.8 Å².